The van der Waals surface area contributed by atoms with Crippen LogP contribution in [-0.4, -0.2) is 37.5 Å². The van der Waals surface area contributed by atoms with Crippen molar-refractivity contribution in [2.75, 3.05) is 5.73 Å². The Morgan fingerprint density at radius 1 is 0.704 bits per heavy atom. The molecule has 0 heterocycles. The van der Waals surface area contributed by atoms with E-state index in [1.807, 2.05) is 0 Å². The largest absolute Gasteiger partial charge is 1.00 e. The number of nitrogens with two attached hydrogens (primary N) is 1. The van der Waals surface area contributed by atoms with Crippen molar-refractivity contribution in [3.05, 3.63) is 52.6 Å². The normalized spacial score (nSPS) is 13.1. The molecule has 9 nitrogen and oxygen atoms in total. The molecule has 0 atom stereocenters. The Kier molecular flexibility index (Phi) is 7.27. The Hall–Kier alpha value is -0.600. The van der Waals surface area contributed by atoms with Crippen molar-refractivity contribution in [1.82, 2.24) is 0 Å². The van der Waals surface area contributed by atoms with E-state index in [0.29, 0.717) is 0 Å². The summed E-state index contributed by atoms with van der Waals surface area (Å²) in [5, 5.41) is 0. The molecule has 0 aromatic heterocycles. The first-order chi connectivity index (χ1) is 11.4. The number of anilines is 1. The fourth-order valence-electron chi connectivity index (χ4n) is 2.68. The molecule has 1 aliphatic rings. The number of rotatable bonds is 2. The molecule has 0 radical (unpaired) electrons. The molecule has 0 amide bonds. The van der Waals surface area contributed by atoms with Crippen LogP contribution in [0.25, 0.3) is 0 Å². The van der Waals surface area contributed by atoms with Crippen LogP contribution < -0.4 is 64.8 Å². The van der Waals surface area contributed by atoms with Crippen molar-refractivity contribution in [2.45, 2.75) is 9.79 Å². The predicted octanol–water partition coefficient (Wildman–Crippen LogP) is -6.14. The summed E-state index contributed by atoms with van der Waals surface area (Å²) in [4.78, 5) is 23.5. The van der Waals surface area contributed by atoms with Crippen LogP contribution in [0.1, 0.15) is 31.8 Å². The van der Waals surface area contributed by atoms with E-state index in [-0.39, 0.29) is 59.1 Å². The first-order valence-corrected chi connectivity index (χ1v) is 9.33. The molecule has 0 fully saturated rings. The molecule has 3 rings (SSSR count). The van der Waals surface area contributed by atoms with Gasteiger partial charge in [0.1, 0.15) is 20.2 Å². The molecule has 13 heteroatoms. The van der Waals surface area contributed by atoms with Crippen molar-refractivity contribution < 1.29 is 94.6 Å². The molecule has 0 saturated heterocycles. The number of ketones is 2. The van der Waals surface area contributed by atoms with Gasteiger partial charge in [0.05, 0.1) is 26.6 Å². The summed E-state index contributed by atoms with van der Waals surface area (Å²) in [6.45, 7) is 0. The maximum atomic E-state index is 12.6. The number of carbonyl (C=O) groups excluding carboxylic acids is 2. The zero-order valence-corrected chi connectivity index (χ0v) is 19.7. The molecule has 1 aliphatic carbocycles. The van der Waals surface area contributed by atoms with Crippen molar-refractivity contribution in [1.29, 1.82) is 0 Å². The fourth-order valence-corrected chi connectivity index (χ4v) is 3.99. The smallest absolute Gasteiger partial charge is 0.744 e. The average Bonchev–Trinajstić information content (AvgIpc) is 2.49. The van der Waals surface area contributed by atoms with Crippen LogP contribution >= 0.6 is 0 Å². The minimum atomic E-state index is -5.04. The molecule has 0 bridgehead atoms. The quantitative estimate of drug-likeness (QED) is 0.237. The van der Waals surface area contributed by atoms with Crippen molar-refractivity contribution in [3.8, 4) is 0 Å². The topological polar surface area (TPSA) is 175 Å². The van der Waals surface area contributed by atoms with Gasteiger partial charge in [-0.2, -0.15) is 0 Å². The summed E-state index contributed by atoms with van der Waals surface area (Å²) in [6, 6.07) is 4.71. The number of hydrogen-bond acceptors (Lipinski definition) is 9. The van der Waals surface area contributed by atoms with E-state index >= 15 is 0 Å². The summed E-state index contributed by atoms with van der Waals surface area (Å²) in [6.07, 6.45) is 0. The maximum Gasteiger partial charge on any atom is 1.00 e. The van der Waals surface area contributed by atoms with Crippen molar-refractivity contribution in [2.24, 2.45) is 0 Å². The third-order valence-corrected chi connectivity index (χ3v) is 5.49. The Balaban J connectivity index is 0.00000182. The van der Waals surface area contributed by atoms with Gasteiger partial charge < -0.3 is 14.8 Å². The fraction of sp³-hybridized carbons (Fsp3) is 0. The standard InChI is InChI=1S/C14H9NO8S2.2Na/c15-12-9(25(21,22)23)5-4-7-11(12)14(17)6-2-1-3-8(24(18,19)20)10(6)13(7)16;;/h1-5H,15H2,(H,18,19,20)(H,21,22,23);;/q;2*+1/p-2. The van der Waals surface area contributed by atoms with Crippen molar-refractivity contribution >= 4 is 37.5 Å². The van der Waals surface area contributed by atoms with Gasteiger partial charge >= 0.3 is 59.1 Å². The Morgan fingerprint density at radius 3 is 1.70 bits per heavy atom. The van der Waals surface area contributed by atoms with Gasteiger partial charge in [-0.25, -0.2) is 16.8 Å². The van der Waals surface area contributed by atoms with Gasteiger partial charge in [-0.15, -0.1) is 0 Å². The predicted molar refractivity (Wildman–Crippen MR) is 80.1 cm³/mol. The maximum absolute atomic E-state index is 12.6. The van der Waals surface area contributed by atoms with E-state index < -0.39 is 69.5 Å². The number of nitrogen functional groups attached to an aromatic ring is 1. The molecule has 2 aromatic rings. The van der Waals surface area contributed by atoms with Crippen LogP contribution in [0.4, 0.5) is 5.69 Å². The third kappa shape index (κ3) is 4.08. The molecule has 0 aliphatic heterocycles. The second-order valence-electron chi connectivity index (χ2n) is 5.15. The van der Waals surface area contributed by atoms with Crippen LogP contribution in [0.15, 0.2) is 40.1 Å². The summed E-state index contributed by atoms with van der Waals surface area (Å²) < 4.78 is 67.7. The van der Waals surface area contributed by atoms with E-state index in [9.17, 15) is 35.5 Å². The zero-order valence-electron chi connectivity index (χ0n) is 14.0. The molecule has 27 heavy (non-hydrogen) atoms. The second-order valence-corrected chi connectivity index (χ2v) is 7.84. The minimum Gasteiger partial charge on any atom is -0.744 e. The van der Waals surface area contributed by atoms with Gasteiger partial charge in [-0.3, -0.25) is 9.59 Å². The summed E-state index contributed by atoms with van der Waals surface area (Å²) in [7, 11) is -10.0. The Labute approximate surface area is 198 Å². The van der Waals surface area contributed by atoms with Gasteiger partial charge in [-0.05, 0) is 18.2 Å². The molecule has 0 saturated carbocycles. The number of hydrogen-bond donors (Lipinski definition) is 1. The first-order valence-electron chi connectivity index (χ1n) is 6.51. The van der Waals surface area contributed by atoms with Crippen LogP contribution in [-0.2, 0) is 20.2 Å². The molecule has 2 aromatic carbocycles. The van der Waals surface area contributed by atoms with Crippen LogP contribution in [0, 0.1) is 0 Å². The summed E-state index contributed by atoms with van der Waals surface area (Å²) in [5.74, 6) is -1.95. The first kappa shape index (κ1) is 24.4. The molecular formula is C14H7NNa2O8S2. The molecule has 2 N–H and O–H groups in total. The van der Waals surface area contributed by atoms with Gasteiger partial charge in [-0.1, -0.05) is 12.1 Å². The van der Waals surface area contributed by atoms with Crippen LogP contribution in [0.2, 0.25) is 0 Å². The number of carbonyl (C=O) groups is 2. The SMILES string of the molecule is Nc1c(S(=O)(=O)[O-])ccc2c1C(=O)c1cccc(S(=O)(=O)[O-])c1C2=O.[Na+].[Na+]. The van der Waals surface area contributed by atoms with Crippen molar-refractivity contribution in [3.63, 3.8) is 0 Å². The van der Waals surface area contributed by atoms with E-state index in [1.54, 1.807) is 0 Å². The van der Waals surface area contributed by atoms with Crippen LogP contribution in [0.3, 0.4) is 0 Å². The minimum absolute atomic E-state index is 0. The number of fused-ring (bicyclic) bond motifs is 2. The van der Waals surface area contributed by atoms with E-state index in [2.05, 4.69) is 0 Å². The second kappa shape index (κ2) is 8.03. The van der Waals surface area contributed by atoms with E-state index in [0.717, 1.165) is 30.3 Å². The van der Waals surface area contributed by atoms with Gasteiger partial charge in [0.25, 0.3) is 0 Å². The van der Waals surface area contributed by atoms with E-state index in [4.69, 9.17) is 5.73 Å². The molecule has 130 valence electrons. The van der Waals surface area contributed by atoms with Gasteiger partial charge in [0, 0.05) is 11.1 Å². The zero-order chi connectivity index (χ0) is 18.7. The van der Waals surface area contributed by atoms with Gasteiger partial charge in [0.15, 0.2) is 11.6 Å². The summed E-state index contributed by atoms with van der Waals surface area (Å²) >= 11 is 0. The van der Waals surface area contributed by atoms with Gasteiger partial charge in [0.2, 0.25) is 0 Å². The molecule has 0 unspecified atom stereocenters. The monoisotopic (exact) mass is 427 g/mol. The summed E-state index contributed by atoms with van der Waals surface area (Å²) in [5.41, 5.74) is 2.96. The Morgan fingerprint density at radius 2 is 1.19 bits per heavy atom. The van der Waals surface area contributed by atoms with E-state index in [1.165, 1.54) is 0 Å². The van der Waals surface area contributed by atoms with Crippen LogP contribution in [0.5, 0.6) is 0 Å². The number of benzene rings is 2. The Bertz CT molecular complexity index is 1190. The average molecular weight is 427 g/mol. The third-order valence-electron chi connectivity index (χ3n) is 3.71. The molecular weight excluding hydrogens is 420 g/mol. The molecule has 0 spiro atoms.